The summed E-state index contributed by atoms with van der Waals surface area (Å²) in [5.41, 5.74) is 1.24. The lowest BCUT2D eigenvalue weighted by Gasteiger charge is -2.19. The number of aliphatic hydroxyl groups is 1. The minimum Gasteiger partial charge on any atom is -0.396 e. The number of amides is 1. The summed E-state index contributed by atoms with van der Waals surface area (Å²) in [6.07, 6.45) is 0.611. The third kappa shape index (κ3) is 6.12. The van der Waals surface area contributed by atoms with Crippen LogP contribution in [0.5, 0.6) is 0 Å². The molecule has 0 spiro atoms. The van der Waals surface area contributed by atoms with E-state index >= 15 is 0 Å². The van der Waals surface area contributed by atoms with Crippen molar-refractivity contribution in [3.05, 3.63) is 35.9 Å². The van der Waals surface area contributed by atoms with E-state index in [4.69, 9.17) is 5.11 Å². The predicted octanol–water partition coefficient (Wildman–Crippen LogP) is 2.44. The highest BCUT2D eigenvalue weighted by atomic mass is 32.2. The first kappa shape index (κ1) is 16.1. The highest BCUT2D eigenvalue weighted by Gasteiger charge is 2.22. The van der Waals surface area contributed by atoms with Crippen molar-refractivity contribution in [2.75, 3.05) is 13.2 Å². The molecular formula is C15H23NO2S. The summed E-state index contributed by atoms with van der Waals surface area (Å²) in [6, 6.07) is 10.2. The molecule has 0 aliphatic carbocycles. The molecule has 0 aliphatic heterocycles. The Labute approximate surface area is 119 Å². The number of rotatable bonds is 8. The summed E-state index contributed by atoms with van der Waals surface area (Å²) < 4.78 is 0. The monoisotopic (exact) mass is 281 g/mol. The van der Waals surface area contributed by atoms with Crippen molar-refractivity contribution in [3.63, 3.8) is 0 Å². The van der Waals surface area contributed by atoms with E-state index in [0.29, 0.717) is 18.9 Å². The molecule has 1 atom stereocenters. The van der Waals surface area contributed by atoms with Crippen LogP contribution in [0.3, 0.4) is 0 Å². The largest absolute Gasteiger partial charge is 0.396 e. The fourth-order valence-electron chi connectivity index (χ4n) is 1.72. The van der Waals surface area contributed by atoms with Crippen LogP contribution in [0, 0.1) is 5.92 Å². The first-order valence-corrected chi connectivity index (χ1v) is 7.74. The van der Waals surface area contributed by atoms with Crippen molar-refractivity contribution in [1.29, 1.82) is 0 Å². The van der Waals surface area contributed by atoms with Crippen LogP contribution >= 0.6 is 11.8 Å². The summed E-state index contributed by atoms with van der Waals surface area (Å²) >= 11 is 1.67. The van der Waals surface area contributed by atoms with E-state index in [9.17, 15) is 4.79 Å². The topological polar surface area (TPSA) is 49.3 Å². The zero-order valence-corrected chi connectivity index (χ0v) is 12.5. The van der Waals surface area contributed by atoms with Crippen molar-refractivity contribution < 1.29 is 9.90 Å². The minimum absolute atomic E-state index is 0.0427. The van der Waals surface area contributed by atoms with Gasteiger partial charge in [-0.05, 0) is 17.9 Å². The number of aliphatic hydroxyl groups excluding tert-OH is 1. The van der Waals surface area contributed by atoms with Crippen molar-refractivity contribution in [2.24, 2.45) is 5.92 Å². The molecule has 0 aromatic heterocycles. The van der Waals surface area contributed by atoms with Gasteiger partial charge in [-0.2, -0.15) is 0 Å². The maximum Gasteiger partial charge on any atom is 0.233 e. The average molecular weight is 281 g/mol. The Morgan fingerprint density at radius 1 is 1.32 bits per heavy atom. The summed E-state index contributed by atoms with van der Waals surface area (Å²) in [4.78, 5) is 12.1. The maximum absolute atomic E-state index is 12.1. The molecule has 3 nitrogen and oxygen atoms in total. The second-order valence-corrected chi connectivity index (χ2v) is 5.96. The Morgan fingerprint density at radius 2 is 2.00 bits per heavy atom. The Morgan fingerprint density at radius 3 is 2.58 bits per heavy atom. The van der Waals surface area contributed by atoms with Gasteiger partial charge in [-0.15, -0.1) is 11.8 Å². The first-order chi connectivity index (χ1) is 9.15. The summed E-state index contributed by atoms with van der Waals surface area (Å²) in [5.74, 6) is 1.21. The average Bonchev–Trinajstić information content (AvgIpc) is 2.40. The van der Waals surface area contributed by atoms with Gasteiger partial charge < -0.3 is 10.4 Å². The van der Waals surface area contributed by atoms with Gasteiger partial charge in [0.25, 0.3) is 0 Å². The van der Waals surface area contributed by atoms with Gasteiger partial charge in [0.15, 0.2) is 0 Å². The highest BCUT2D eigenvalue weighted by molar-refractivity contribution is 7.99. The molecule has 106 valence electrons. The molecule has 1 unspecified atom stereocenters. The molecule has 0 heterocycles. The van der Waals surface area contributed by atoms with Crippen molar-refractivity contribution in [1.82, 2.24) is 5.32 Å². The Hall–Kier alpha value is -1.00. The molecule has 2 N–H and O–H groups in total. The van der Waals surface area contributed by atoms with E-state index < -0.39 is 0 Å². The van der Waals surface area contributed by atoms with Gasteiger partial charge in [-0.25, -0.2) is 0 Å². The molecule has 1 aromatic carbocycles. The Bertz CT molecular complexity index is 368. The van der Waals surface area contributed by atoms with E-state index in [0.717, 1.165) is 5.75 Å². The molecule has 1 rings (SSSR count). The quantitative estimate of drug-likeness (QED) is 0.720. The third-order valence-electron chi connectivity index (χ3n) is 2.77. The Kier molecular flexibility index (Phi) is 7.60. The molecule has 1 amide bonds. The lowest BCUT2D eigenvalue weighted by Crippen LogP contribution is -2.36. The molecule has 0 fully saturated rings. The second kappa shape index (κ2) is 8.99. The van der Waals surface area contributed by atoms with Gasteiger partial charge >= 0.3 is 0 Å². The molecule has 4 heteroatoms. The van der Waals surface area contributed by atoms with Gasteiger partial charge in [-0.3, -0.25) is 4.79 Å². The van der Waals surface area contributed by atoms with Crippen molar-refractivity contribution >= 4 is 17.7 Å². The number of thioether (sulfide) groups is 1. The van der Waals surface area contributed by atoms with E-state index in [1.54, 1.807) is 11.8 Å². The fourth-order valence-corrected chi connectivity index (χ4v) is 2.91. The lowest BCUT2D eigenvalue weighted by molar-refractivity contribution is -0.121. The number of benzene rings is 1. The lowest BCUT2D eigenvalue weighted by atomic mass is 10.1. The summed E-state index contributed by atoms with van der Waals surface area (Å²) in [7, 11) is 0. The third-order valence-corrected chi connectivity index (χ3v) is 4.39. The first-order valence-electron chi connectivity index (χ1n) is 6.69. The summed E-state index contributed by atoms with van der Waals surface area (Å²) in [6.45, 7) is 4.79. The maximum atomic E-state index is 12.1. The van der Waals surface area contributed by atoms with Gasteiger partial charge in [0.1, 0.15) is 0 Å². The van der Waals surface area contributed by atoms with Gasteiger partial charge in [-0.1, -0.05) is 44.2 Å². The zero-order chi connectivity index (χ0) is 14.1. The molecule has 1 aromatic rings. The van der Waals surface area contributed by atoms with E-state index in [1.807, 2.05) is 18.2 Å². The Balaban J connectivity index is 2.46. The van der Waals surface area contributed by atoms with Crippen LogP contribution in [0.25, 0.3) is 0 Å². The number of carbonyl (C=O) groups excluding carboxylic acids is 1. The van der Waals surface area contributed by atoms with E-state index in [-0.39, 0.29) is 17.8 Å². The van der Waals surface area contributed by atoms with Crippen LogP contribution in [0.15, 0.2) is 30.3 Å². The van der Waals surface area contributed by atoms with Gasteiger partial charge in [0.05, 0.1) is 5.25 Å². The van der Waals surface area contributed by atoms with Crippen LogP contribution in [0.2, 0.25) is 0 Å². The fraction of sp³-hybridized carbons (Fsp3) is 0.533. The van der Waals surface area contributed by atoms with Crippen LogP contribution in [0.1, 0.15) is 25.8 Å². The number of hydrogen-bond acceptors (Lipinski definition) is 3. The molecule has 0 radical (unpaired) electrons. The molecule has 0 saturated heterocycles. The van der Waals surface area contributed by atoms with Crippen molar-refractivity contribution in [2.45, 2.75) is 31.3 Å². The smallest absolute Gasteiger partial charge is 0.233 e. The summed E-state index contributed by atoms with van der Waals surface area (Å²) in [5, 5.41) is 11.6. The van der Waals surface area contributed by atoms with E-state index in [1.165, 1.54) is 5.56 Å². The van der Waals surface area contributed by atoms with Crippen LogP contribution < -0.4 is 5.32 Å². The highest BCUT2D eigenvalue weighted by Crippen LogP contribution is 2.23. The molecule has 0 bridgehead atoms. The normalized spacial score (nSPS) is 12.4. The van der Waals surface area contributed by atoms with Gasteiger partial charge in [0.2, 0.25) is 5.91 Å². The number of nitrogens with one attached hydrogen (secondary N) is 1. The standard InChI is InChI=1S/C15H23NO2S/c1-12(2)14(15(18)16-9-6-10-17)19-11-13-7-4-3-5-8-13/h3-5,7-8,12,14,17H,6,9-11H2,1-2H3,(H,16,18). The number of carbonyl (C=O) groups is 1. The molecular weight excluding hydrogens is 258 g/mol. The molecule has 0 aliphatic rings. The van der Waals surface area contributed by atoms with Crippen LogP contribution in [0.4, 0.5) is 0 Å². The SMILES string of the molecule is CC(C)C(SCc1ccccc1)C(=O)NCCCO. The molecule has 0 saturated carbocycles. The minimum atomic E-state index is -0.0427. The zero-order valence-electron chi connectivity index (χ0n) is 11.6. The van der Waals surface area contributed by atoms with Crippen LogP contribution in [-0.4, -0.2) is 29.4 Å². The second-order valence-electron chi connectivity index (χ2n) is 4.83. The van der Waals surface area contributed by atoms with Crippen LogP contribution in [-0.2, 0) is 10.5 Å². The molecule has 19 heavy (non-hydrogen) atoms. The van der Waals surface area contributed by atoms with Crippen molar-refractivity contribution in [3.8, 4) is 0 Å². The van der Waals surface area contributed by atoms with Gasteiger partial charge in [0, 0.05) is 18.9 Å². The number of hydrogen-bond donors (Lipinski definition) is 2. The predicted molar refractivity (Wildman–Crippen MR) is 81.1 cm³/mol. The van der Waals surface area contributed by atoms with E-state index in [2.05, 4.69) is 31.3 Å².